The summed E-state index contributed by atoms with van der Waals surface area (Å²) in [4.78, 5) is 19.8. The number of para-hydroxylation sites is 1. The van der Waals surface area contributed by atoms with Gasteiger partial charge in [-0.3, -0.25) is 4.79 Å². The molecule has 0 aliphatic carbocycles. The van der Waals surface area contributed by atoms with Crippen LogP contribution in [0.5, 0.6) is 0 Å². The van der Waals surface area contributed by atoms with Gasteiger partial charge >= 0.3 is 0 Å². The quantitative estimate of drug-likeness (QED) is 0.660. The second-order valence-electron chi connectivity index (χ2n) is 6.11. The molecule has 2 aromatic carbocycles. The third-order valence-electron chi connectivity index (χ3n) is 4.42. The number of thiazole rings is 1. The van der Waals surface area contributed by atoms with E-state index in [1.165, 1.54) is 17.4 Å². The van der Waals surface area contributed by atoms with Gasteiger partial charge in [-0.1, -0.05) is 42.5 Å². The van der Waals surface area contributed by atoms with Crippen LogP contribution in [0.1, 0.15) is 27.3 Å². The van der Waals surface area contributed by atoms with E-state index in [9.17, 15) is 9.18 Å². The van der Waals surface area contributed by atoms with Crippen molar-refractivity contribution in [3.8, 4) is 10.6 Å². The molecule has 0 N–H and O–H groups in total. The van der Waals surface area contributed by atoms with Crippen molar-refractivity contribution in [1.29, 1.82) is 0 Å². The molecule has 0 bridgehead atoms. The molecule has 1 aliphatic heterocycles. The number of aryl methyl sites for hydroxylation is 2. The van der Waals surface area contributed by atoms with Crippen molar-refractivity contribution in [3.63, 3.8) is 0 Å². The van der Waals surface area contributed by atoms with Gasteiger partial charge in [-0.2, -0.15) is 0 Å². The Morgan fingerprint density at radius 3 is 2.76 bits per heavy atom. The summed E-state index contributed by atoms with van der Waals surface area (Å²) in [6.45, 7) is 2.37. The maximum absolute atomic E-state index is 14.4. The maximum atomic E-state index is 14.4. The molecular weight excluding hydrogens is 335 g/mol. The number of carbonyl (C=O) groups excluding carboxylic acids is 1. The lowest BCUT2D eigenvalue weighted by Gasteiger charge is -2.29. The predicted octanol–water partition coefficient (Wildman–Crippen LogP) is 4.85. The van der Waals surface area contributed by atoms with Crippen LogP contribution in [-0.4, -0.2) is 17.4 Å². The van der Waals surface area contributed by atoms with E-state index in [1.54, 1.807) is 11.0 Å². The molecule has 3 nitrogen and oxygen atoms in total. The van der Waals surface area contributed by atoms with Crippen LogP contribution in [0.15, 0.2) is 48.5 Å². The zero-order valence-corrected chi connectivity index (χ0v) is 14.6. The second kappa shape index (κ2) is 6.41. The van der Waals surface area contributed by atoms with E-state index in [1.807, 2.05) is 43.3 Å². The number of hydrogen-bond acceptors (Lipinski definition) is 3. The SMILES string of the molecule is Cc1nc(-c2ccccc2)sc1C(=O)N1CCCc2cccc(F)c21. The molecule has 2 heterocycles. The average Bonchev–Trinajstić information content (AvgIpc) is 3.03. The average molecular weight is 352 g/mol. The van der Waals surface area contributed by atoms with Crippen molar-refractivity contribution in [2.24, 2.45) is 0 Å². The number of hydrogen-bond donors (Lipinski definition) is 0. The number of carbonyl (C=O) groups is 1. The topological polar surface area (TPSA) is 33.2 Å². The fraction of sp³-hybridized carbons (Fsp3) is 0.200. The second-order valence-corrected chi connectivity index (χ2v) is 7.11. The summed E-state index contributed by atoms with van der Waals surface area (Å²) in [5.41, 5.74) is 3.00. The first kappa shape index (κ1) is 16.0. The van der Waals surface area contributed by atoms with Crippen LogP contribution in [0.2, 0.25) is 0 Å². The summed E-state index contributed by atoms with van der Waals surface area (Å²) >= 11 is 1.37. The molecule has 0 saturated carbocycles. The number of halogens is 1. The van der Waals surface area contributed by atoms with E-state index in [-0.39, 0.29) is 11.7 Å². The van der Waals surface area contributed by atoms with Gasteiger partial charge in [0, 0.05) is 12.1 Å². The summed E-state index contributed by atoms with van der Waals surface area (Å²) in [5.74, 6) is -0.501. The van der Waals surface area contributed by atoms with Crippen LogP contribution in [0.25, 0.3) is 10.6 Å². The van der Waals surface area contributed by atoms with Crippen LogP contribution in [0, 0.1) is 12.7 Å². The van der Waals surface area contributed by atoms with Crippen molar-refractivity contribution < 1.29 is 9.18 Å². The van der Waals surface area contributed by atoms with Crippen LogP contribution in [0.4, 0.5) is 10.1 Å². The van der Waals surface area contributed by atoms with Gasteiger partial charge in [0.15, 0.2) is 0 Å². The fourth-order valence-electron chi connectivity index (χ4n) is 3.23. The zero-order chi connectivity index (χ0) is 17.4. The van der Waals surface area contributed by atoms with Crippen molar-refractivity contribution in [2.45, 2.75) is 19.8 Å². The Bertz CT molecular complexity index is 936. The predicted molar refractivity (Wildman–Crippen MR) is 98.7 cm³/mol. The molecule has 1 aromatic heterocycles. The zero-order valence-electron chi connectivity index (χ0n) is 13.8. The molecule has 3 aromatic rings. The number of rotatable bonds is 2. The third-order valence-corrected chi connectivity index (χ3v) is 5.62. The molecule has 0 spiro atoms. The largest absolute Gasteiger partial charge is 0.305 e. The highest BCUT2D eigenvalue weighted by Gasteiger charge is 2.29. The van der Waals surface area contributed by atoms with Gasteiger partial charge in [-0.15, -0.1) is 11.3 Å². The molecule has 5 heteroatoms. The lowest BCUT2D eigenvalue weighted by molar-refractivity contribution is 0.0987. The van der Waals surface area contributed by atoms with Crippen molar-refractivity contribution >= 4 is 22.9 Å². The summed E-state index contributed by atoms with van der Waals surface area (Å²) in [6, 6.07) is 14.8. The third kappa shape index (κ3) is 2.85. The number of nitrogens with zero attached hydrogens (tertiary/aromatic N) is 2. The van der Waals surface area contributed by atoms with Crippen molar-refractivity contribution in [1.82, 2.24) is 4.98 Å². The number of benzene rings is 2. The van der Waals surface area contributed by atoms with Gasteiger partial charge in [0.05, 0.1) is 11.4 Å². The van der Waals surface area contributed by atoms with Crippen LogP contribution >= 0.6 is 11.3 Å². The van der Waals surface area contributed by atoms with Crippen molar-refractivity contribution in [3.05, 3.63) is 70.5 Å². The Morgan fingerprint density at radius 2 is 1.96 bits per heavy atom. The molecule has 4 rings (SSSR count). The number of aromatic nitrogens is 1. The summed E-state index contributed by atoms with van der Waals surface area (Å²) in [7, 11) is 0. The minimum absolute atomic E-state index is 0.164. The summed E-state index contributed by atoms with van der Waals surface area (Å²) in [6.07, 6.45) is 1.64. The molecule has 0 unspecified atom stereocenters. The standard InChI is InChI=1S/C20H17FN2OS/c1-13-18(25-19(22-13)15-7-3-2-4-8-15)20(24)23-12-6-10-14-9-5-11-16(21)17(14)23/h2-5,7-9,11H,6,10,12H2,1H3. The molecule has 126 valence electrons. The Morgan fingerprint density at radius 1 is 1.16 bits per heavy atom. The smallest absolute Gasteiger partial charge is 0.270 e. The minimum atomic E-state index is -0.337. The highest BCUT2D eigenvalue weighted by atomic mass is 32.1. The number of anilines is 1. The Labute approximate surface area is 149 Å². The maximum Gasteiger partial charge on any atom is 0.270 e. The normalized spacial score (nSPS) is 13.6. The van der Waals surface area contributed by atoms with Gasteiger partial charge in [-0.25, -0.2) is 9.37 Å². The lowest BCUT2D eigenvalue weighted by Crippen LogP contribution is -2.36. The molecule has 0 atom stereocenters. The highest BCUT2D eigenvalue weighted by molar-refractivity contribution is 7.17. The van der Waals surface area contributed by atoms with Crippen LogP contribution in [-0.2, 0) is 6.42 Å². The number of amides is 1. The van der Waals surface area contributed by atoms with E-state index in [4.69, 9.17) is 0 Å². The summed E-state index contributed by atoms with van der Waals surface area (Å²) in [5, 5.41) is 0.812. The molecule has 1 aliphatic rings. The Balaban J connectivity index is 1.73. The van der Waals surface area contributed by atoms with E-state index in [2.05, 4.69) is 4.98 Å². The van der Waals surface area contributed by atoms with Gasteiger partial charge in [-0.05, 0) is 31.4 Å². The monoisotopic (exact) mass is 352 g/mol. The Hall–Kier alpha value is -2.53. The first-order valence-corrected chi connectivity index (χ1v) is 9.09. The fourth-order valence-corrected chi connectivity index (χ4v) is 4.25. The van der Waals surface area contributed by atoms with E-state index >= 15 is 0 Å². The highest BCUT2D eigenvalue weighted by Crippen LogP contribution is 2.34. The lowest BCUT2D eigenvalue weighted by atomic mass is 10.0. The number of fused-ring (bicyclic) bond motifs is 1. The molecule has 25 heavy (non-hydrogen) atoms. The first-order chi connectivity index (χ1) is 12.1. The molecule has 1 amide bonds. The molecular formula is C20H17FN2OS. The van der Waals surface area contributed by atoms with Crippen LogP contribution in [0.3, 0.4) is 0 Å². The molecule has 0 fully saturated rings. The van der Waals surface area contributed by atoms with E-state index in [0.717, 1.165) is 29.0 Å². The summed E-state index contributed by atoms with van der Waals surface area (Å²) < 4.78 is 14.4. The van der Waals surface area contributed by atoms with Gasteiger partial charge < -0.3 is 4.90 Å². The van der Waals surface area contributed by atoms with Gasteiger partial charge in [0.1, 0.15) is 15.7 Å². The Kier molecular flexibility index (Phi) is 4.09. The van der Waals surface area contributed by atoms with E-state index in [0.29, 0.717) is 22.8 Å². The van der Waals surface area contributed by atoms with Gasteiger partial charge in [0.25, 0.3) is 5.91 Å². The van der Waals surface area contributed by atoms with Crippen molar-refractivity contribution in [2.75, 3.05) is 11.4 Å². The van der Waals surface area contributed by atoms with Gasteiger partial charge in [0.2, 0.25) is 0 Å². The molecule has 0 radical (unpaired) electrons. The van der Waals surface area contributed by atoms with Crippen LogP contribution < -0.4 is 4.90 Å². The first-order valence-electron chi connectivity index (χ1n) is 8.27. The minimum Gasteiger partial charge on any atom is -0.305 e. The molecule has 0 saturated heterocycles. The van der Waals surface area contributed by atoms with E-state index < -0.39 is 0 Å².